The van der Waals surface area contributed by atoms with Gasteiger partial charge in [-0.2, -0.15) is 5.10 Å². The van der Waals surface area contributed by atoms with Crippen LogP contribution in [-0.4, -0.2) is 35.2 Å². The maximum absolute atomic E-state index is 12.4. The van der Waals surface area contributed by atoms with E-state index in [1.54, 1.807) is 0 Å². The average Bonchev–Trinajstić information content (AvgIpc) is 3.19. The van der Waals surface area contributed by atoms with E-state index >= 15 is 0 Å². The number of nitrogens with one attached hydrogen (secondary N) is 1. The largest absolute Gasteiger partial charge is 0.491 e. The molecule has 6 heteroatoms. The zero-order chi connectivity index (χ0) is 20.8. The summed E-state index contributed by atoms with van der Waals surface area (Å²) in [7, 11) is 0. The maximum Gasteiger partial charge on any atom is 0.243 e. The summed E-state index contributed by atoms with van der Waals surface area (Å²) in [4.78, 5) is 24.7. The smallest absolute Gasteiger partial charge is 0.243 e. The Kier molecular flexibility index (Phi) is 6.65. The number of ether oxygens (including phenoxy) is 1. The Hall–Kier alpha value is -3.15. The fourth-order valence-corrected chi connectivity index (χ4v) is 3.15. The van der Waals surface area contributed by atoms with Crippen LogP contribution < -0.4 is 10.1 Å². The highest BCUT2D eigenvalue weighted by atomic mass is 16.5. The van der Waals surface area contributed by atoms with Gasteiger partial charge < -0.3 is 10.1 Å². The minimum absolute atomic E-state index is 0.0940. The van der Waals surface area contributed by atoms with Crippen LogP contribution in [0.4, 0.5) is 5.69 Å². The van der Waals surface area contributed by atoms with Gasteiger partial charge in [-0.3, -0.25) is 9.59 Å². The van der Waals surface area contributed by atoms with Crippen LogP contribution in [0.25, 0.3) is 0 Å². The van der Waals surface area contributed by atoms with Crippen LogP contribution in [-0.2, 0) is 9.59 Å². The zero-order valence-electron chi connectivity index (χ0n) is 17.1. The first-order valence-corrected chi connectivity index (χ1v) is 9.93. The predicted molar refractivity (Wildman–Crippen MR) is 114 cm³/mol. The Morgan fingerprint density at radius 1 is 1.14 bits per heavy atom. The molecule has 0 radical (unpaired) electrons. The van der Waals surface area contributed by atoms with Gasteiger partial charge in [0.1, 0.15) is 5.75 Å². The van der Waals surface area contributed by atoms with E-state index in [0.717, 1.165) is 34.7 Å². The van der Waals surface area contributed by atoms with Crippen LogP contribution in [0.5, 0.6) is 5.75 Å². The summed E-state index contributed by atoms with van der Waals surface area (Å²) in [6.07, 6.45) is 1.07. The molecule has 0 atom stereocenters. The molecule has 2 aromatic rings. The molecule has 3 rings (SSSR count). The Morgan fingerprint density at radius 3 is 2.59 bits per heavy atom. The van der Waals surface area contributed by atoms with Gasteiger partial charge in [-0.25, -0.2) is 5.01 Å². The molecule has 152 valence electrons. The second-order valence-electron chi connectivity index (χ2n) is 7.37. The maximum atomic E-state index is 12.4. The fourth-order valence-electron chi connectivity index (χ4n) is 3.15. The van der Waals surface area contributed by atoms with Crippen molar-refractivity contribution in [3.05, 3.63) is 59.7 Å². The lowest BCUT2D eigenvalue weighted by Crippen LogP contribution is -2.25. The minimum Gasteiger partial charge on any atom is -0.491 e. The Balaban J connectivity index is 1.51. The molecular formula is C23H27N3O3. The van der Waals surface area contributed by atoms with Crippen molar-refractivity contribution in [2.45, 2.75) is 46.1 Å². The SMILES string of the molecule is Cc1cc(OC(C)C)ccc1NC(=O)CCC(=O)N1CCC(c2ccccc2)=N1. The van der Waals surface area contributed by atoms with Gasteiger partial charge >= 0.3 is 0 Å². The summed E-state index contributed by atoms with van der Waals surface area (Å²) in [6.45, 7) is 6.41. The highest BCUT2D eigenvalue weighted by molar-refractivity contribution is 6.02. The normalized spacial score (nSPS) is 13.4. The third kappa shape index (κ3) is 5.67. The van der Waals surface area contributed by atoms with Crippen molar-refractivity contribution >= 4 is 23.2 Å². The lowest BCUT2D eigenvalue weighted by atomic mass is 10.1. The number of benzene rings is 2. The molecule has 0 spiro atoms. The van der Waals surface area contributed by atoms with E-state index in [9.17, 15) is 9.59 Å². The first kappa shape index (κ1) is 20.6. The van der Waals surface area contributed by atoms with Gasteiger partial charge in [0.2, 0.25) is 11.8 Å². The number of nitrogens with zero attached hydrogens (tertiary/aromatic N) is 2. The van der Waals surface area contributed by atoms with Crippen molar-refractivity contribution in [1.29, 1.82) is 0 Å². The molecule has 1 aliphatic heterocycles. The molecule has 0 saturated heterocycles. The first-order valence-electron chi connectivity index (χ1n) is 9.93. The van der Waals surface area contributed by atoms with Crippen LogP contribution in [0.1, 0.15) is 44.2 Å². The number of anilines is 1. The van der Waals surface area contributed by atoms with Crippen molar-refractivity contribution in [2.75, 3.05) is 11.9 Å². The molecule has 2 aromatic carbocycles. The van der Waals surface area contributed by atoms with E-state index in [1.165, 1.54) is 5.01 Å². The predicted octanol–water partition coefficient (Wildman–Crippen LogP) is 4.14. The van der Waals surface area contributed by atoms with Crippen molar-refractivity contribution in [3.63, 3.8) is 0 Å². The summed E-state index contributed by atoms with van der Waals surface area (Å²) >= 11 is 0. The number of rotatable bonds is 7. The Morgan fingerprint density at radius 2 is 1.90 bits per heavy atom. The molecule has 0 aromatic heterocycles. The average molecular weight is 393 g/mol. The van der Waals surface area contributed by atoms with Crippen molar-refractivity contribution in [3.8, 4) is 5.75 Å². The van der Waals surface area contributed by atoms with Crippen LogP contribution in [0, 0.1) is 6.92 Å². The molecule has 0 unspecified atom stereocenters. The molecular weight excluding hydrogens is 366 g/mol. The van der Waals surface area contributed by atoms with Gasteiger partial charge in [0, 0.05) is 24.9 Å². The van der Waals surface area contributed by atoms with Crippen molar-refractivity contribution in [2.24, 2.45) is 5.10 Å². The highest BCUT2D eigenvalue weighted by Gasteiger charge is 2.22. The quantitative estimate of drug-likeness (QED) is 0.769. The second-order valence-corrected chi connectivity index (χ2v) is 7.37. The van der Waals surface area contributed by atoms with Gasteiger partial charge in [-0.15, -0.1) is 0 Å². The molecule has 1 heterocycles. The molecule has 6 nitrogen and oxygen atoms in total. The van der Waals surface area contributed by atoms with Crippen LogP contribution >= 0.6 is 0 Å². The molecule has 29 heavy (non-hydrogen) atoms. The zero-order valence-corrected chi connectivity index (χ0v) is 17.1. The van der Waals surface area contributed by atoms with Crippen LogP contribution in [0.2, 0.25) is 0 Å². The Bertz CT molecular complexity index is 907. The molecule has 1 aliphatic rings. The molecule has 1 N–H and O–H groups in total. The summed E-state index contributed by atoms with van der Waals surface area (Å²) in [6, 6.07) is 15.4. The highest BCUT2D eigenvalue weighted by Crippen LogP contribution is 2.22. The van der Waals surface area contributed by atoms with Crippen molar-refractivity contribution < 1.29 is 14.3 Å². The number of amides is 2. The number of hydrogen-bond acceptors (Lipinski definition) is 4. The minimum atomic E-state index is -0.189. The number of carbonyl (C=O) groups is 2. The van der Waals surface area contributed by atoms with E-state index in [2.05, 4.69) is 10.4 Å². The fraction of sp³-hybridized carbons (Fsp3) is 0.348. The van der Waals surface area contributed by atoms with Gasteiger partial charge in [0.25, 0.3) is 0 Å². The molecule has 0 bridgehead atoms. The second kappa shape index (κ2) is 9.37. The van der Waals surface area contributed by atoms with Crippen molar-refractivity contribution in [1.82, 2.24) is 5.01 Å². The Labute approximate surface area is 171 Å². The number of carbonyl (C=O) groups excluding carboxylic acids is 2. The van der Waals surface area contributed by atoms with E-state index in [4.69, 9.17) is 4.74 Å². The third-order valence-electron chi connectivity index (χ3n) is 4.61. The van der Waals surface area contributed by atoms with Gasteiger partial charge in [0.05, 0.1) is 18.4 Å². The molecule has 0 aliphatic carbocycles. The monoisotopic (exact) mass is 393 g/mol. The third-order valence-corrected chi connectivity index (χ3v) is 4.61. The standard InChI is InChI=1S/C23H27N3O3/c1-16(2)29-19-9-10-20(17(3)15-19)24-22(27)11-12-23(28)26-14-13-21(25-26)18-7-5-4-6-8-18/h4-10,15-16H,11-14H2,1-3H3,(H,24,27). The van der Waals surface area contributed by atoms with Gasteiger partial charge in [0.15, 0.2) is 0 Å². The number of hydrogen-bond donors (Lipinski definition) is 1. The number of hydrazone groups is 1. The first-order chi connectivity index (χ1) is 13.9. The van der Waals surface area contributed by atoms with Gasteiger partial charge in [-0.05, 0) is 50.1 Å². The van der Waals surface area contributed by atoms with E-state index in [0.29, 0.717) is 6.54 Å². The lowest BCUT2D eigenvalue weighted by Gasteiger charge is -2.14. The molecule has 0 saturated carbocycles. The van der Waals surface area contributed by atoms with Crippen LogP contribution in [0.15, 0.2) is 53.6 Å². The summed E-state index contributed by atoms with van der Waals surface area (Å²) in [5.41, 5.74) is 3.58. The van der Waals surface area contributed by atoms with E-state index in [-0.39, 0.29) is 30.8 Å². The van der Waals surface area contributed by atoms with Gasteiger partial charge in [-0.1, -0.05) is 30.3 Å². The summed E-state index contributed by atoms with van der Waals surface area (Å²) in [5.74, 6) is 0.445. The topological polar surface area (TPSA) is 71.0 Å². The van der Waals surface area contributed by atoms with E-state index < -0.39 is 0 Å². The summed E-state index contributed by atoms with van der Waals surface area (Å²) < 4.78 is 5.66. The van der Waals surface area contributed by atoms with Crippen LogP contribution in [0.3, 0.4) is 0 Å². The lowest BCUT2D eigenvalue weighted by molar-refractivity contribution is -0.132. The molecule has 0 fully saturated rings. The molecule has 2 amide bonds. The number of aryl methyl sites for hydroxylation is 1. The van der Waals surface area contributed by atoms with E-state index in [1.807, 2.05) is 69.3 Å². The summed E-state index contributed by atoms with van der Waals surface area (Å²) in [5, 5.41) is 8.76.